The maximum Gasteiger partial charge on any atom is 0.255 e. The minimum absolute atomic E-state index is 0.123. The third-order valence-electron chi connectivity index (χ3n) is 5.59. The number of para-hydroxylation sites is 1. The number of hydrogen-bond acceptors (Lipinski definition) is 3. The summed E-state index contributed by atoms with van der Waals surface area (Å²) in [5.41, 5.74) is 4.77. The number of carbonyl (C=O) groups excluding carboxylic acids is 2. The second kappa shape index (κ2) is 7.72. The van der Waals surface area contributed by atoms with Gasteiger partial charge in [0.05, 0.1) is 11.0 Å². The third kappa shape index (κ3) is 3.57. The number of nitrogens with one attached hydrogen (secondary N) is 1. The average Bonchev–Trinajstić information content (AvgIpc) is 3.36. The Hall–Kier alpha value is -3.93. The molecule has 6 heteroatoms. The normalized spacial score (nSPS) is 13.7. The highest BCUT2D eigenvalue weighted by atomic mass is 16.2. The fourth-order valence-electron chi connectivity index (χ4n) is 4.12. The summed E-state index contributed by atoms with van der Waals surface area (Å²) in [6.45, 7) is 2.67. The van der Waals surface area contributed by atoms with Crippen molar-refractivity contribution in [2.75, 3.05) is 16.8 Å². The molecule has 0 atom stereocenters. The van der Waals surface area contributed by atoms with Gasteiger partial charge in [-0.05, 0) is 61.9 Å². The smallest absolute Gasteiger partial charge is 0.255 e. The Balaban J connectivity index is 1.41. The summed E-state index contributed by atoms with van der Waals surface area (Å²) in [7, 11) is 0. The van der Waals surface area contributed by atoms with Gasteiger partial charge in [-0.1, -0.05) is 24.3 Å². The summed E-state index contributed by atoms with van der Waals surface area (Å²) in [5.74, 6) is 0.777. The first-order valence-corrected chi connectivity index (χ1v) is 10.4. The molecule has 1 aliphatic rings. The van der Waals surface area contributed by atoms with Gasteiger partial charge in [-0.2, -0.15) is 0 Å². The molecule has 4 aromatic rings. The van der Waals surface area contributed by atoms with Crippen molar-refractivity contribution in [3.8, 4) is 5.69 Å². The summed E-state index contributed by atoms with van der Waals surface area (Å²) in [4.78, 5) is 31.3. The van der Waals surface area contributed by atoms with Crippen molar-refractivity contribution in [3.05, 3.63) is 84.2 Å². The number of rotatable bonds is 4. The minimum atomic E-state index is -0.210. The van der Waals surface area contributed by atoms with Crippen LogP contribution in [0, 0.1) is 6.92 Å². The van der Waals surface area contributed by atoms with Crippen LogP contribution in [0.1, 0.15) is 29.0 Å². The van der Waals surface area contributed by atoms with Gasteiger partial charge in [0.15, 0.2) is 0 Å². The summed E-state index contributed by atoms with van der Waals surface area (Å²) >= 11 is 0. The number of aryl methyl sites for hydroxylation is 1. The molecule has 154 valence electrons. The van der Waals surface area contributed by atoms with E-state index in [0.29, 0.717) is 17.7 Å². The van der Waals surface area contributed by atoms with Gasteiger partial charge in [0.1, 0.15) is 5.82 Å². The molecule has 1 aliphatic heterocycles. The number of imidazole rings is 1. The van der Waals surface area contributed by atoms with E-state index < -0.39 is 0 Å². The molecule has 5 rings (SSSR count). The lowest BCUT2D eigenvalue weighted by molar-refractivity contribution is -0.117. The Morgan fingerprint density at radius 2 is 1.77 bits per heavy atom. The topological polar surface area (TPSA) is 67.2 Å². The molecule has 1 saturated heterocycles. The number of nitrogens with zero attached hydrogens (tertiary/aromatic N) is 3. The van der Waals surface area contributed by atoms with E-state index in [4.69, 9.17) is 0 Å². The number of amides is 2. The van der Waals surface area contributed by atoms with Crippen LogP contribution in [0.15, 0.2) is 72.8 Å². The fraction of sp³-hybridized carbons (Fsp3) is 0.160. The Morgan fingerprint density at radius 1 is 0.968 bits per heavy atom. The molecule has 2 amide bonds. The molecule has 0 unspecified atom stereocenters. The minimum Gasteiger partial charge on any atom is -0.322 e. The van der Waals surface area contributed by atoms with Crippen molar-refractivity contribution in [2.24, 2.45) is 0 Å². The first-order valence-electron chi connectivity index (χ1n) is 10.4. The van der Waals surface area contributed by atoms with Crippen LogP contribution in [0.4, 0.5) is 11.4 Å². The van der Waals surface area contributed by atoms with Crippen LogP contribution in [0.25, 0.3) is 16.7 Å². The number of carbonyl (C=O) groups is 2. The third-order valence-corrected chi connectivity index (χ3v) is 5.59. The zero-order valence-electron chi connectivity index (χ0n) is 17.2. The fourth-order valence-corrected chi connectivity index (χ4v) is 4.12. The van der Waals surface area contributed by atoms with Gasteiger partial charge in [-0.25, -0.2) is 4.98 Å². The Bertz CT molecular complexity index is 1290. The predicted octanol–water partition coefficient (Wildman–Crippen LogP) is 4.71. The van der Waals surface area contributed by atoms with Gasteiger partial charge in [0.2, 0.25) is 5.91 Å². The lowest BCUT2D eigenvalue weighted by Gasteiger charge is -2.16. The zero-order chi connectivity index (χ0) is 21.4. The summed E-state index contributed by atoms with van der Waals surface area (Å²) in [6.07, 6.45) is 1.44. The predicted molar refractivity (Wildman–Crippen MR) is 122 cm³/mol. The second-order valence-corrected chi connectivity index (χ2v) is 7.69. The van der Waals surface area contributed by atoms with Crippen molar-refractivity contribution in [1.82, 2.24) is 9.55 Å². The zero-order valence-corrected chi connectivity index (χ0v) is 17.2. The largest absolute Gasteiger partial charge is 0.322 e. The van der Waals surface area contributed by atoms with E-state index >= 15 is 0 Å². The van der Waals surface area contributed by atoms with E-state index in [0.717, 1.165) is 41.2 Å². The van der Waals surface area contributed by atoms with Crippen LogP contribution in [0.3, 0.4) is 0 Å². The highest BCUT2D eigenvalue weighted by molar-refractivity contribution is 6.06. The van der Waals surface area contributed by atoms with Crippen LogP contribution < -0.4 is 10.2 Å². The lowest BCUT2D eigenvalue weighted by atomic mass is 10.1. The molecular weight excluding hydrogens is 388 g/mol. The van der Waals surface area contributed by atoms with E-state index in [1.54, 1.807) is 4.90 Å². The molecule has 1 fully saturated rings. The molecule has 0 saturated carbocycles. The molecule has 0 radical (unpaired) electrons. The van der Waals surface area contributed by atoms with E-state index in [9.17, 15) is 9.59 Å². The van der Waals surface area contributed by atoms with Crippen LogP contribution in [0.5, 0.6) is 0 Å². The maximum absolute atomic E-state index is 12.9. The number of hydrogen-bond donors (Lipinski definition) is 1. The molecular formula is C25H22N4O2. The summed E-state index contributed by atoms with van der Waals surface area (Å²) < 4.78 is 2.08. The van der Waals surface area contributed by atoms with Crippen LogP contribution in [-0.2, 0) is 4.79 Å². The van der Waals surface area contributed by atoms with Crippen LogP contribution in [-0.4, -0.2) is 27.9 Å². The average molecular weight is 410 g/mol. The van der Waals surface area contributed by atoms with E-state index in [-0.39, 0.29) is 11.8 Å². The number of fused-ring (bicyclic) bond motifs is 1. The molecule has 1 aromatic heterocycles. The molecule has 3 aromatic carbocycles. The SMILES string of the molecule is Cc1nc2cc(C(=O)Nc3cccc(N4CCCC4=O)c3)ccc2n1-c1ccccc1. The highest BCUT2D eigenvalue weighted by Gasteiger charge is 2.22. The van der Waals surface area contributed by atoms with E-state index in [1.165, 1.54) is 0 Å². The molecule has 31 heavy (non-hydrogen) atoms. The van der Waals surface area contributed by atoms with Gasteiger partial charge >= 0.3 is 0 Å². The van der Waals surface area contributed by atoms with Gasteiger partial charge < -0.3 is 10.2 Å². The van der Waals surface area contributed by atoms with Crippen molar-refractivity contribution < 1.29 is 9.59 Å². The van der Waals surface area contributed by atoms with Gasteiger partial charge in [0.25, 0.3) is 5.91 Å². The van der Waals surface area contributed by atoms with E-state index in [2.05, 4.69) is 14.9 Å². The quantitative estimate of drug-likeness (QED) is 0.530. The van der Waals surface area contributed by atoms with Crippen molar-refractivity contribution in [3.63, 3.8) is 0 Å². The molecule has 6 nitrogen and oxygen atoms in total. The molecule has 0 bridgehead atoms. The molecule has 0 aliphatic carbocycles. The molecule has 0 spiro atoms. The number of anilines is 2. The first kappa shape index (κ1) is 19.1. The number of benzene rings is 3. The number of aromatic nitrogens is 2. The van der Waals surface area contributed by atoms with E-state index in [1.807, 2.05) is 79.7 Å². The Morgan fingerprint density at radius 3 is 2.55 bits per heavy atom. The maximum atomic E-state index is 12.9. The van der Waals surface area contributed by atoms with Gasteiger partial charge in [-0.3, -0.25) is 14.2 Å². The monoisotopic (exact) mass is 410 g/mol. The first-order chi connectivity index (χ1) is 15.1. The van der Waals surface area contributed by atoms with Crippen LogP contribution in [0.2, 0.25) is 0 Å². The summed E-state index contributed by atoms with van der Waals surface area (Å²) in [6, 6.07) is 23.0. The standard InChI is InChI=1S/C25H22N4O2/c1-17-26-22-15-18(12-13-23(22)29(17)20-8-3-2-4-9-20)25(31)27-19-7-5-10-21(16-19)28-14-6-11-24(28)30/h2-5,7-10,12-13,15-16H,6,11,14H2,1H3,(H,27,31). The van der Waals surface area contributed by atoms with Crippen molar-refractivity contribution in [1.29, 1.82) is 0 Å². The second-order valence-electron chi connectivity index (χ2n) is 7.69. The van der Waals surface area contributed by atoms with Gasteiger partial charge in [0, 0.05) is 35.6 Å². The highest BCUT2D eigenvalue weighted by Crippen LogP contribution is 2.26. The molecule has 2 heterocycles. The summed E-state index contributed by atoms with van der Waals surface area (Å²) in [5, 5.41) is 2.94. The van der Waals surface area contributed by atoms with Crippen molar-refractivity contribution in [2.45, 2.75) is 19.8 Å². The van der Waals surface area contributed by atoms with Crippen molar-refractivity contribution >= 4 is 34.2 Å². The van der Waals surface area contributed by atoms with Crippen LogP contribution >= 0.6 is 0 Å². The Kier molecular flexibility index (Phi) is 4.75. The van der Waals surface area contributed by atoms with Gasteiger partial charge in [-0.15, -0.1) is 0 Å². The molecule has 1 N–H and O–H groups in total. The lowest BCUT2D eigenvalue weighted by Crippen LogP contribution is -2.23. The Labute approximate surface area is 180 Å².